The molecule has 2 atom stereocenters. The zero-order chi connectivity index (χ0) is 21.6. The topological polar surface area (TPSA) is 78.4 Å². The van der Waals surface area contributed by atoms with Crippen molar-refractivity contribution in [1.29, 1.82) is 0 Å². The summed E-state index contributed by atoms with van der Waals surface area (Å²) >= 11 is 0. The molecular weight excluding hydrogens is 396 g/mol. The Morgan fingerprint density at radius 3 is 2.29 bits per heavy atom. The molecule has 1 aliphatic heterocycles. The number of nitrogens with one attached hydrogen (secondary N) is 1. The van der Waals surface area contributed by atoms with Crippen LogP contribution in [0.5, 0.6) is 23.0 Å². The van der Waals surface area contributed by atoms with Crippen LogP contribution in [0.25, 0.3) is 0 Å². The smallest absolute Gasteiger partial charge is 0.285 e. The van der Waals surface area contributed by atoms with E-state index < -0.39 is 18.1 Å². The highest BCUT2D eigenvalue weighted by molar-refractivity contribution is 5.86. The maximum atomic E-state index is 12.9. The van der Waals surface area contributed by atoms with Crippen molar-refractivity contribution in [1.82, 2.24) is 5.43 Å². The number of amides is 1. The lowest BCUT2D eigenvalue weighted by molar-refractivity contribution is -0.134. The Bertz CT molecular complexity index is 1080. The van der Waals surface area contributed by atoms with Crippen LogP contribution in [-0.4, -0.2) is 32.4 Å². The number of carbonyl (C=O) groups is 1. The van der Waals surface area contributed by atoms with E-state index >= 15 is 0 Å². The molecule has 0 saturated carbocycles. The lowest BCUT2D eigenvalue weighted by Gasteiger charge is -2.32. The van der Waals surface area contributed by atoms with Gasteiger partial charge in [-0.1, -0.05) is 42.5 Å². The maximum Gasteiger partial charge on any atom is 0.285 e. The summed E-state index contributed by atoms with van der Waals surface area (Å²) < 4.78 is 22.6. The molecule has 0 aliphatic carbocycles. The van der Waals surface area contributed by atoms with E-state index in [0.29, 0.717) is 23.0 Å². The standard InChI is InChI=1S/C24H22N2O5/c1-28-18-13-12-16(14-21(18)29-2)15-25-26-24(27)23-22(17-8-4-3-5-9-17)30-19-10-6-7-11-20(19)31-23/h3-15,22-23H,1-2H3,(H,26,27)/b25-15-/t22-,23-/m1/s1. The summed E-state index contributed by atoms with van der Waals surface area (Å²) in [7, 11) is 3.13. The number of hydrazone groups is 1. The van der Waals surface area contributed by atoms with Crippen molar-refractivity contribution in [2.24, 2.45) is 5.10 Å². The second-order valence-corrected chi connectivity index (χ2v) is 6.78. The number of rotatable bonds is 6. The van der Waals surface area contributed by atoms with Crippen LogP contribution in [0.2, 0.25) is 0 Å². The molecular formula is C24H22N2O5. The van der Waals surface area contributed by atoms with Crippen LogP contribution in [0, 0.1) is 0 Å². The van der Waals surface area contributed by atoms with Gasteiger partial charge in [0.1, 0.15) is 0 Å². The van der Waals surface area contributed by atoms with Crippen molar-refractivity contribution in [3.8, 4) is 23.0 Å². The molecule has 0 spiro atoms. The second kappa shape index (κ2) is 9.21. The maximum absolute atomic E-state index is 12.9. The zero-order valence-electron chi connectivity index (χ0n) is 17.1. The third-order valence-corrected chi connectivity index (χ3v) is 4.81. The van der Waals surface area contributed by atoms with Crippen molar-refractivity contribution in [3.05, 3.63) is 83.9 Å². The fourth-order valence-electron chi connectivity index (χ4n) is 3.29. The Hall–Kier alpha value is -4.00. The highest BCUT2D eigenvalue weighted by Crippen LogP contribution is 2.39. The van der Waals surface area contributed by atoms with Crippen molar-refractivity contribution >= 4 is 12.1 Å². The van der Waals surface area contributed by atoms with Gasteiger partial charge in [-0.3, -0.25) is 4.79 Å². The highest BCUT2D eigenvalue weighted by Gasteiger charge is 2.38. The predicted octanol–water partition coefficient (Wildman–Crippen LogP) is 3.74. The number of hydrogen-bond donors (Lipinski definition) is 1. The van der Waals surface area contributed by atoms with E-state index in [4.69, 9.17) is 18.9 Å². The molecule has 0 fully saturated rings. The van der Waals surface area contributed by atoms with Gasteiger partial charge in [0.05, 0.1) is 20.4 Å². The van der Waals surface area contributed by atoms with Crippen LogP contribution in [-0.2, 0) is 4.79 Å². The molecule has 0 radical (unpaired) electrons. The molecule has 7 nitrogen and oxygen atoms in total. The van der Waals surface area contributed by atoms with E-state index in [2.05, 4.69) is 10.5 Å². The minimum Gasteiger partial charge on any atom is -0.493 e. The van der Waals surface area contributed by atoms with Gasteiger partial charge in [-0.25, -0.2) is 5.43 Å². The number of carbonyl (C=O) groups excluding carboxylic acids is 1. The number of methoxy groups -OCH3 is 2. The lowest BCUT2D eigenvalue weighted by atomic mass is 10.0. The highest BCUT2D eigenvalue weighted by atomic mass is 16.6. The summed E-state index contributed by atoms with van der Waals surface area (Å²) in [5.41, 5.74) is 4.12. The molecule has 31 heavy (non-hydrogen) atoms. The van der Waals surface area contributed by atoms with Crippen LogP contribution in [0.1, 0.15) is 17.2 Å². The first-order valence-electron chi connectivity index (χ1n) is 9.72. The minimum atomic E-state index is -0.903. The Kier molecular flexibility index (Phi) is 6.03. The van der Waals surface area contributed by atoms with Gasteiger partial charge >= 0.3 is 0 Å². The van der Waals surface area contributed by atoms with Crippen LogP contribution in [0.15, 0.2) is 77.9 Å². The van der Waals surface area contributed by atoms with Crippen molar-refractivity contribution < 1.29 is 23.7 Å². The molecule has 0 unspecified atom stereocenters. The van der Waals surface area contributed by atoms with Gasteiger partial charge in [0.15, 0.2) is 29.1 Å². The average Bonchev–Trinajstić information content (AvgIpc) is 2.83. The number of ether oxygens (including phenoxy) is 4. The van der Waals surface area contributed by atoms with E-state index in [1.54, 1.807) is 38.5 Å². The van der Waals surface area contributed by atoms with Gasteiger partial charge in [-0.05, 0) is 41.5 Å². The first-order chi connectivity index (χ1) is 15.2. The quantitative estimate of drug-likeness (QED) is 0.487. The largest absolute Gasteiger partial charge is 0.493 e. The van der Waals surface area contributed by atoms with Gasteiger partial charge in [0, 0.05) is 0 Å². The molecule has 7 heteroatoms. The Labute approximate surface area is 180 Å². The van der Waals surface area contributed by atoms with Gasteiger partial charge in [-0.15, -0.1) is 0 Å². The zero-order valence-corrected chi connectivity index (χ0v) is 17.1. The third-order valence-electron chi connectivity index (χ3n) is 4.81. The van der Waals surface area contributed by atoms with Gasteiger partial charge in [-0.2, -0.15) is 5.10 Å². The molecule has 4 rings (SSSR count). The first kappa shape index (κ1) is 20.3. The number of nitrogens with zero attached hydrogens (tertiary/aromatic N) is 1. The summed E-state index contributed by atoms with van der Waals surface area (Å²) in [5.74, 6) is 1.87. The van der Waals surface area contributed by atoms with E-state index in [-0.39, 0.29) is 0 Å². The fraction of sp³-hybridized carbons (Fsp3) is 0.167. The van der Waals surface area contributed by atoms with Gasteiger partial charge in [0.25, 0.3) is 5.91 Å². The van der Waals surface area contributed by atoms with Gasteiger partial charge < -0.3 is 18.9 Å². The Balaban J connectivity index is 1.52. The number of fused-ring (bicyclic) bond motifs is 1. The Morgan fingerprint density at radius 2 is 1.58 bits per heavy atom. The summed E-state index contributed by atoms with van der Waals surface area (Å²) in [6.45, 7) is 0. The van der Waals surface area contributed by atoms with Crippen molar-refractivity contribution in [2.45, 2.75) is 12.2 Å². The van der Waals surface area contributed by atoms with Crippen molar-refractivity contribution in [2.75, 3.05) is 14.2 Å². The predicted molar refractivity (Wildman–Crippen MR) is 116 cm³/mol. The lowest BCUT2D eigenvalue weighted by Crippen LogP contribution is -2.44. The fourth-order valence-corrected chi connectivity index (χ4v) is 3.29. The molecule has 0 aromatic heterocycles. The Morgan fingerprint density at radius 1 is 0.903 bits per heavy atom. The van der Waals surface area contributed by atoms with Crippen LogP contribution < -0.4 is 24.4 Å². The van der Waals surface area contributed by atoms with Crippen LogP contribution >= 0.6 is 0 Å². The van der Waals surface area contributed by atoms with Crippen LogP contribution in [0.3, 0.4) is 0 Å². The molecule has 0 saturated heterocycles. The van der Waals surface area contributed by atoms with E-state index in [1.807, 2.05) is 48.5 Å². The SMILES string of the molecule is COc1ccc(/C=N\NC(=O)[C@@H]2Oc3ccccc3O[C@@H]2c2ccccc2)cc1OC. The normalized spacial score (nSPS) is 17.2. The van der Waals surface area contributed by atoms with E-state index in [1.165, 1.54) is 6.21 Å². The molecule has 1 aliphatic rings. The second-order valence-electron chi connectivity index (χ2n) is 6.78. The summed E-state index contributed by atoms with van der Waals surface area (Å²) in [4.78, 5) is 12.9. The van der Waals surface area contributed by atoms with E-state index in [9.17, 15) is 4.79 Å². The van der Waals surface area contributed by atoms with E-state index in [0.717, 1.165) is 11.1 Å². The van der Waals surface area contributed by atoms with Gasteiger partial charge in [0.2, 0.25) is 6.10 Å². The molecule has 1 heterocycles. The first-order valence-corrected chi connectivity index (χ1v) is 9.72. The van der Waals surface area contributed by atoms with Crippen LogP contribution in [0.4, 0.5) is 0 Å². The molecule has 158 valence electrons. The molecule has 1 amide bonds. The third kappa shape index (κ3) is 4.45. The molecule has 3 aromatic rings. The molecule has 1 N–H and O–H groups in total. The van der Waals surface area contributed by atoms with Crippen molar-refractivity contribution in [3.63, 3.8) is 0 Å². The summed E-state index contributed by atoms with van der Waals surface area (Å²) in [6.07, 6.45) is 0.0156. The molecule has 0 bridgehead atoms. The average molecular weight is 418 g/mol. The summed E-state index contributed by atoms with van der Waals surface area (Å²) in [6, 6.07) is 22.1. The number of hydrogen-bond acceptors (Lipinski definition) is 6. The summed E-state index contributed by atoms with van der Waals surface area (Å²) in [5, 5.41) is 4.08. The monoisotopic (exact) mass is 418 g/mol. The minimum absolute atomic E-state index is 0.417. The number of para-hydroxylation sites is 2. The molecule has 3 aromatic carbocycles. The number of benzene rings is 3.